The van der Waals surface area contributed by atoms with Gasteiger partial charge in [-0.1, -0.05) is 0 Å². The second-order valence-electron chi connectivity index (χ2n) is 2.70. The Hall–Kier alpha value is -0.610. The molecule has 1 amide bonds. The molecule has 0 aliphatic carbocycles. The minimum absolute atomic E-state index is 0.0819. The minimum atomic E-state index is -0.131. The first-order valence-corrected chi connectivity index (χ1v) is 3.74. The predicted molar refractivity (Wildman–Crippen MR) is 45.2 cm³/mol. The van der Waals surface area contributed by atoms with Gasteiger partial charge in [0.25, 0.3) is 0 Å². The number of hydrogen-bond acceptors (Lipinski definition) is 3. The summed E-state index contributed by atoms with van der Waals surface area (Å²) >= 11 is 0. The number of carbonyl (C=O) groups is 1. The summed E-state index contributed by atoms with van der Waals surface area (Å²) in [6.45, 7) is 3.07. The molecule has 0 aliphatic heterocycles. The number of carbonyl (C=O) groups excluding carboxylic acids is 1. The van der Waals surface area contributed by atoms with Crippen molar-refractivity contribution in [2.45, 2.75) is 13.0 Å². The number of nitrogens with one attached hydrogen (secondary N) is 1. The molecule has 0 saturated carbocycles. The molecule has 0 aromatic heterocycles. The van der Waals surface area contributed by atoms with Crippen molar-refractivity contribution in [3.05, 3.63) is 0 Å². The predicted octanol–water partition coefficient (Wildman–Crippen LogP) is -0.989. The zero-order valence-corrected chi connectivity index (χ0v) is 7.42. The van der Waals surface area contributed by atoms with Crippen LogP contribution in [0.25, 0.3) is 0 Å². The van der Waals surface area contributed by atoms with E-state index in [1.54, 1.807) is 19.0 Å². The fourth-order valence-electron chi connectivity index (χ4n) is 0.774. The lowest BCUT2D eigenvalue weighted by Crippen LogP contribution is -2.43. The van der Waals surface area contributed by atoms with E-state index < -0.39 is 0 Å². The van der Waals surface area contributed by atoms with E-state index >= 15 is 0 Å². The molecular weight excluding hydrogens is 142 g/mol. The molecule has 0 aliphatic rings. The first-order valence-electron chi connectivity index (χ1n) is 3.74. The number of hydrogen-bond donors (Lipinski definition) is 2. The van der Waals surface area contributed by atoms with Crippen LogP contribution in [0.2, 0.25) is 0 Å². The van der Waals surface area contributed by atoms with Crippen molar-refractivity contribution >= 4 is 5.91 Å². The second kappa shape index (κ2) is 5.09. The summed E-state index contributed by atoms with van der Waals surface area (Å²) in [6.07, 6.45) is 0. The molecule has 0 heterocycles. The molecule has 66 valence electrons. The van der Waals surface area contributed by atoms with Gasteiger partial charge in [-0.3, -0.25) is 4.79 Å². The Balaban J connectivity index is 3.64. The molecule has 0 rings (SSSR count). The monoisotopic (exact) mass is 159 g/mol. The van der Waals surface area contributed by atoms with Crippen molar-refractivity contribution in [1.29, 1.82) is 0 Å². The topological polar surface area (TPSA) is 58.4 Å². The minimum Gasteiger partial charge on any atom is -0.347 e. The molecule has 3 N–H and O–H groups in total. The third-order valence-electron chi connectivity index (χ3n) is 1.41. The summed E-state index contributed by atoms with van der Waals surface area (Å²) in [5.74, 6) is 0.0819. The highest BCUT2D eigenvalue weighted by Crippen LogP contribution is 1.86. The SMILES string of the molecule is CC(NCCN)C(=O)N(C)C. The van der Waals surface area contributed by atoms with Crippen LogP contribution in [-0.2, 0) is 4.79 Å². The zero-order valence-electron chi connectivity index (χ0n) is 7.42. The molecule has 4 heteroatoms. The summed E-state index contributed by atoms with van der Waals surface area (Å²) in [5, 5.41) is 3.00. The molecule has 11 heavy (non-hydrogen) atoms. The Morgan fingerprint density at radius 3 is 2.55 bits per heavy atom. The summed E-state index contributed by atoms with van der Waals surface area (Å²) in [5.41, 5.74) is 5.27. The quantitative estimate of drug-likeness (QED) is 0.554. The molecule has 0 aromatic rings. The lowest BCUT2D eigenvalue weighted by molar-refractivity contribution is -0.130. The summed E-state index contributed by atoms with van der Waals surface area (Å²) < 4.78 is 0. The maximum Gasteiger partial charge on any atom is 0.238 e. The van der Waals surface area contributed by atoms with Crippen LogP contribution in [0, 0.1) is 0 Å². The largest absolute Gasteiger partial charge is 0.347 e. The van der Waals surface area contributed by atoms with Crippen molar-refractivity contribution < 1.29 is 4.79 Å². The number of likely N-dealkylation sites (N-methyl/N-ethyl adjacent to an activating group) is 1. The third-order valence-corrected chi connectivity index (χ3v) is 1.41. The lowest BCUT2D eigenvalue weighted by atomic mass is 10.3. The number of nitrogens with zero attached hydrogens (tertiary/aromatic N) is 1. The van der Waals surface area contributed by atoms with E-state index in [0.29, 0.717) is 13.1 Å². The smallest absolute Gasteiger partial charge is 0.238 e. The molecule has 0 saturated heterocycles. The van der Waals surface area contributed by atoms with Crippen LogP contribution in [0.5, 0.6) is 0 Å². The van der Waals surface area contributed by atoms with Crippen molar-refractivity contribution in [2.75, 3.05) is 27.2 Å². The molecular formula is C7H17N3O. The molecule has 0 aromatic carbocycles. The van der Waals surface area contributed by atoms with Gasteiger partial charge in [-0.25, -0.2) is 0 Å². The van der Waals surface area contributed by atoms with Gasteiger partial charge in [-0.2, -0.15) is 0 Å². The Morgan fingerprint density at radius 1 is 1.64 bits per heavy atom. The van der Waals surface area contributed by atoms with Crippen LogP contribution in [0.15, 0.2) is 0 Å². The zero-order chi connectivity index (χ0) is 8.85. The Kier molecular flexibility index (Phi) is 4.81. The number of nitrogens with two attached hydrogens (primary N) is 1. The van der Waals surface area contributed by atoms with Crippen molar-refractivity contribution in [2.24, 2.45) is 5.73 Å². The molecule has 0 spiro atoms. The Bertz CT molecular complexity index is 125. The van der Waals surface area contributed by atoms with Gasteiger partial charge in [-0.05, 0) is 6.92 Å². The van der Waals surface area contributed by atoms with E-state index in [9.17, 15) is 4.79 Å². The van der Waals surface area contributed by atoms with E-state index in [-0.39, 0.29) is 11.9 Å². The first-order chi connectivity index (χ1) is 5.09. The van der Waals surface area contributed by atoms with E-state index in [2.05, 4.69) is 5.32 Å². The number of amides is 1. The maximum atomic E-state index is 11.2. The van der Waals surface area contributed by atoms with Gasteiger partial charge in [0, 0.05) is 27.2 Å². The van der Waals surface area contributed by atoms with E-state index in [1.807, 2.05) is 6.92 Å². The van der Waals surface area contributed by atoms with Crippen LogP contribution >= 0.6 is 0 Å². The van der Waals surface area contributed by atoms with Gasteiger partial charge in [0.1, 0.15) is 0 Å². The van der Waals surface area contributed by atoms with Crippen LogP contribution in [-0.4, -0.2) is 44.0 Å². The van der Waals surface area contributed by atoms with E-state index in [1.165, 1.54) is 0 Å². The van der Waals surface area contributed by atoms with Crippen molar-refractivity contribution in [3.63, 3.8) is 0 Å². The first kappa shape index (κ1) is 10.4. The standard InChI is InChI=1S/C7H17N3O/c1-6(9-5-4-8)7(11)10(2)3/h6,9H,4-5,8H2,1-3H3. The molecule has 1 unspecified atom stereocenters. The van der Waals surface area contributed by atoms with Crippen molar-refractivity contribution in [1.82, 2.24) is 10.2 Å². The van der Waals surface area contributed by atoms with Gasteiger partial charge in [0.2, 0.25) is 5.91 Å². The van der Waals surface area contributed by atoms with Crippen LogP contribution in [0.4, 0.5) is 0 Å². The molecule has 0 radical (unpaired) electrons. The van der Waals surface area contributed by atoms with E-state index in [4.69, 9.17) is 5.73 Å². The highest BCUT2D eigenvalue weighted by atomic mass is 16.2. The highest BCUT2D eigenvalue weighted by Gasteiger charge is 2.12. The Labute approximate surface area is 67.7 Å². The molecule has 4 nitrogen and oxygen atoms in total. The van der Waals surface area contributed by atoms with Crippen LogP contribution in [0.1, 0.15) is 6.92 Å². The summed E-state index contributed by atoms with van der Waals surface area (Å²) in [6, 6.07) is -0.131. The Morgan fingerprint density at radius 2 is 2.18 bits per heavy atom. The van der Waals surface area contributed by atoms with Crippen LogP contribution in [0.3, 0.4) is 0 Å². The van der Waals surface area contributed by atoms with Crippen LogP contribution < -0.4 is 11.1 Å². The second-order valence-corrected chi connectivity index (χ2v) is 2.70. The summed E-state index contributed by atoms with van der Waals surface area (Å²) in [7, 11) is 3.48. The normalized spacial score (nSPS) is 12.7. The lowest BCUT2D eigenvalue weighted by Gasteiger charge is -2.17. The van der Waals surface area contributed by atoms with E-state index in [0.717, 1.165) is 0 Å². The third kappa shape index (κ3) is 3.95. The average molecular weight is 159 g/mol. The van der Waals surface area contributed by atoms with Crippen molar-refractivity contribution in [3.8, 4) is 0 Å². The fraction of sp³-hybridized carbons (Fsp3) is 0.857. The number of rotatable bonds is 4. The van der Waals surface area contributed by atoms with Gasteiger partial charge in [-0.15, -0.1) is 0 Å². The van der Waals surface area contributed by atoms with Gasteiger partial charge in [0.15, 0.2) is 0 Å². The maximum absolute atomic E-state index is 11.2. The summed E-state index contributed by atoms with van der Waals surface area (Å²) in [4.78, 5) is 12.7. The average Bonchev–Trinajstić information content (AvgIpc) is 1.98. The molecule has 0 bridgehead atoms. The van der Waals surface area contributed by atoms with Gasteiger partial charge in [0.05, 0.1) is 6.04 Å². The molecule has 0 fully saturated rings. The highest BCUT2D eigenvalue weighted by molar-refractivity contribution is 5.80. The van der Waals surface area contributed by atoms with Gasteiger partial charge < -0.3 is 16.0 Å². The molecule has 1 atom stereocenters. The van der Waals surface area contributed by atoms with Gasteiger partial charge >= 0.3 is 0 Å². The fourth-order valence-corrected chi connectivity index (χ4v) is 0.774.